The van der Waals surface area contributed by atoms with Crippen molar-refractivity contribution >= 4 is 23.4 Å². The van der Waals surface area contributed by atoms with Crippen molar-refractivity contribution < 1.29 is 19.1 Å². The van der Waals surface area contributed by atoms with Gasteiger partial charge in [0.2, 0.25) is 11.8 Å². The van der Waals surface area contributed by atoms with Gasteiger partial charge in [0, 0.05) is 36.2 Å². The number of benzene rings is 2. The lowest BCUT2D eigenvalue weighted by molar-refractivity contribution is -0.121. The van der Waals surface area contributed by atoms with Crippen LogP contribution in [-0.4, -0.2) is 37.4 Å². The van der Waals surface area contributed by atoms with Gasteiger partial charge in [0.05, 0.1) is 19.2 Å². The fourth-order valence-corrected chi connectivity index (χ4v) is 3.71. The van der Waals surface area contributed by atoms with Gasteiger partial charge in [-0.15, -0.1) is 0 Å². The molecule has 0 unspecified atom stereocenters. The van der Waals surface area contributed by atoms with Crippen LogP contribution in [0.5, 0.6) is 5.75 Å². The molecule has 7 heteroatoms. The van der Waals surface area contributed by atoms with E-state index in [0.717, 1.165) is 23.4 Å². The molecule has 4 rings (SSSR count). The Labute approximate surface area is 169 Å². The van der Waals surface area contributed by atoms with Gasteiger partial charge >= 0.3 is 0 Å². The lowest BCUT2D eigenvalue weighted by atomic mass is 10.0. The minimum atomic E-state index is -0.327. The predicted octanol–water partition coefficient (Wildman–Crippen LogP) is 2.18. The van der Waals surface area contributed by atoms with Gasteiger partial charge in [0.1, 0.15) is 5.75 Å². The van der Waals surface area contributed by atoms with Crippen molar-refractivity contribution in [2.45, 2.75) is 25.3 Å². The first-order valence-corrected chi connectivity index (χ1v) is 9.81. The normalized spacial score (nSPS) is 18.0. The number of amides is 3. The first kappa shape index (κ1) is 19.0. The van der Waals surface area contributed by atoms with Crippen LogP contribution in [0.2, 0.25) is 0 Å². The average Bonchev–Trinajstić information content (AvgIpc) is 3.18. The monoisotopic (exact) mass is 393 g/mol. The SMILES string of the molecule is O=C(CNC(=O)c1ccc(N2CCCC2=O)cc1)N[C@H]1CCOc2ccccc21. The fraction of sp³-hybridized carbons (Fsp3) is 0.318. The Morgan fingerprint density at radius 3 is 2.66 bits per heavy atom. The molecule has 0 saturated carbocycles. The molecule has 0 spiro atoms. The summed E-state index contributed by atoms with van der Waals surface area (Å²) >= 11 is 0. The Morgan fingerprint density at radius 2 is 1.90 bits per heavy atom. The van der Waals surface area contributed by atoms with Gasteiger partial charge in [-0.25, -0.2) is 0 Å². The van der Waals surface area contributed by atoms with Crippen LogP contribution in [0.25, 0.3) is 0 Å². The summed E-state index contributed by atoms with van der Waals surface area (Å²) in [7, 11) is 0. The number of nitrogens with one attached hydrogen (secondary N) is 2. The van der Waals surface area contributed by atoms with E-state index in [1.54, 1.807) is 29.2 Å². The van der Waals surface area contributed by atoms with Crippen LogP contribution in [0.3, 0.4) is 0 Å². The molecule has 0 bridgehead atoms. The first-order valence-electron chi connectivity index (χ1n) is 9.81. The predicted molar refractivity (Wildman–Crippen MR) is 108 cm³/mol. The van der Waals surface area contributed by atoms with Crippen molar-refractivity contribution in [2.75, 3.05) is 24.6 Å². The molecule has 1 saturated heterocycles. The Balaban J connectivity index is 1.30. The van der Waals surface area contributed by atoms with Crippen LogP contribution >= 0.6 is 0 Å². The molecule has 2 aromatic carbocycles. The molecule has 2 aliphatic heterocycles. The van der Waals surface area contributed by atoms with Crippen molar-refractivity contribution in [3.05, 3.63) is 59.7 Å². The number of para-hydroxylation sites is 1. The molecule has 2 heterocycles. The zero-order valence-corrected chi connectivity index (χ0v) is 16.0. The van der Waals surface area contributed by atoms with E-state index in [1.807, 2.05) is 24.3 Å². The van der Waals surface area contributed by atoms with Crippen LogP contribution in [-0.2, 0) is 9.59 Å². The van der Waals surface area contributed by atoms with Crippen LogP contribution in [0.15, 0.2) is 48.5 Å². The van der Waals surface area contributed by atoms with Gasteiger partial charge in [-0.3, -0.25) is 14.4 Å². The molecule has 2 aromatic rings. The van der Waals surface area contributed by atoms with E-state index in [1.165, 1.54) is 0 Å². The lowest BCUT2D eigenvalue weighted by Gasteiger charge is -2.26. The number of carbonyl (C=O) groups is 3. The smallest absolute Gasteiger partial charge is 0.251 e. The lowest BCUT2D eigenvalue weighted by Crippen LogP contribution is -2.40. The molecule has 2 N–H and O–H groups in total. The summed E-state index contributed by atoms with van der Waals surface area (Å²) in [6, 6.07) is 14.4. The quantitative estimate of drug-likeness (QED) is 0.815. The van der Waals surface area contributed by atoms with E-state index in [2.05, 4.69) is 10.6 Å². The van der Waals surface area contributed by atoms with E-state index < -0.39 is 0 Å². The van der Waals surface area contributed by atoms with Crippen molar-refractivity contribution in [1.82, 2.24) is 10.6 Å². The summed E-state index contributed by atoms with van der Waals surface area (Å²) in [6.07, 6.45) is 2.11. The standard InChI is InChI=1S/C22H23N3O4/c26-20(24-18-11-13-29-19-5-2-1-4-17(18)19)14-23-22(28)15-7-9-16(10-8-15)25-12-3-6-21(25)27/h1-2,4-5,7-10,18H,3,6,11-14H2,(H,23,28)(H,24,26)/t18-/m0/s1. The van der Waals surface area contributed by atoms with Crippen molar-refractivity contribution in [1.29, 1.82) is 0 Å². The Hall–Kier alpha value is -3.35. The maximum atomic E-state index is 12.3. The summed E-state index contributed by atoms with van der Waals surface area (Å²) in [5.41, 5.74) is 2.19. The highest BCUT2D eigenvalue weighted by Gasteiger charge is 2.23. The largest absolute Gasteiger partial charge is 0.493 e. The van der Waals surface area contributed by atoms with E-state index in [4.69, 9.17) is 4.74 Å². The highest BCUT2D eigenvalue weighted by atomic mass is 16.5. The third-order valence-corrected chi connectivity index (χ3v) is 5.22. The maximum Gasteiger partial charge on any atom is 0.251 e. The van der Waals surface area contributed by atoms with Gasteiger partial charge in [0.25, 0.3) is 5.91 Å². The van der Waals surface area contributed by atoms with Crippen LogP contribution < -0.4 is 20.3 Å². The molecule has 150 valence electrons. The number of hydrogen-bond donors (Lipinski definition) is 2. The summed E-state index contributed by atoms with van der Waals surface area (Å²) in [6.45, 7) is 1.14. The Bertz CT molecular complexity index is 926. The second-order valence-corrected chi connectivity index (χ2v) is 7.17. The summed E-state index contributed by atoms with van der Waals surface area (Å²) in [5, 5.41) is 5.60. The molecular weight excluding hydrogens is 370 g/mol. The zero-order valence-electron chi connectivity index (χ0n) is 16.0. The minimum Gasteiger partial charge on any atom is -0.493 e. The molecule has 0 radical (unpaired) electrons. The number of fused-ring (bicyclic) bond motifs is 1. The van der Waals surface area contributed by atoms with Gasteiger partial charge in [-0.05, 0) is 36.8 Å². The van der Waals surface area contributed by atoms with Gasteiger partial charge in [-0.2, -0.15) is 0 Å². The zero-order chi connectivity index (χ0) is 20.2. The summed E-state index contributed by atoms with van der Waals surface area (Å²) in [4.78, 5) is 38.2. The topological polar surface area (TPSA) is 87.7 Å². The molecule has 3 amide bonds. The number of carbonyl (C=O) groups excluding carboxylic acids is 3. The fourth-order valence-electron chi connectivity index (χ4n) is 3.71. The Morgan fingerprint density at radius 1 is 1.10 bits per heavy atom. The number of rotatable bonds is 5. The molecule has 0 aliphatic carbocycles. The highest BCUT2D eigenvalue weighted by Crippen LogP contribution is 2.31. The number of ether oxygens (including phenoxy) is 1. The van der Waals surface area contributed by atoms with Crippen LogP contribution in [0.1, 0.15) is 41.2 Å². The van der Waals surface area contributed by atoms with Crippen molar-refractivity contribution in [2.24, 2.45) is 0 Å². The number of anilines is 1. The molecule has 7 nitrogen and oxygen atoms in total. The minimum absolute atomic E-state index is 0.105. The van der Waals surface area contributed by atoms with E-state index >= 15 is 0 Å². The number of hydrogen-bond acceptors (Lipinski definition) is 4. The second-order valence-electron chi connectivity index (χ2n) is 7.17. The second kappa shape index (κ2) is 8.34. The van der Waals surface area contributed by atoms with Crippen LogP contribution in [0, 0.1) is 0 Å². The molecule has 0 aromatic heterocycles. The average molecular weight is 393 g/mol. The molecule has 1 fully saturated rings. The van der Waals surface area contributed by atoms with E-state index in [0.29, 0.717) is 31.6 Å². The van der Waals surface area contributed by atoms with Crippen molar-refractivity contribution in [3.8, 4) is 5.75 Å². The van der Waals surface area contributed by atoms with E-state index in [9.17, 15) is 14.4 Å². The Kier molecular flexibility index (Phi) is 5.46. The molecular formula is C22H23N3O4. The maximum absolute atomic E-state index is 12.3. The molecule has 1 atom stereocenters. The van der Waals surface area contributed by atoms with Crippen molar-refractivity contribution in [3.63, 3.8) is 0 Å². The third-order valence-electron chi connectivity index (χ3n) is 5.22. The number of nitrogens with zero attached hydrogens (tertiary/aromatic N) is 1. The summed E-state index contributed by atoms with van der Waals surface area (Å²) in [5.74, 6) is 0.310. The first-order chi connectivity index (χ1) is 14.1. The highest BCUT2D eigenvalue weighted by molar-refractivity contribution is 5.98. The van der Waals surface area contributed by atoms with Gasteiger partial charge in [-0.1, -0.05) is 18.2 Å². The van der Waals surface area contributed by atoms with Gasteiger partial charge in [0.15, 0.2) is 0 Å². The summed E-state index contributed by atoms with van der Waals surface area (Å²) < 4.78 is 5.60. The molecule has 29 heavy (non-hydrogen) atoms. The third kappa shape index (κ3) is 4.23. The van der Waals surface area contributed by atoms with E-state index in [-0.39, 0.29) is 30.3 Å². The van der Waals surface area contributed by atoms with Gasteiger partial charge < -0.3 is 20.3 Å². The molecule has 2 aliphatic rings. The van der Waals surface area contributed by atoms with Crippen LogP contribution in [0.4, 0.5) is 5.69 Å².